The molecule has 0 bridgehead atoms. The van der Waals surface area contributed by atoms with Crippen LogP contribution in [0.5, 0.6) is 0 Å². The SMILES string of the molecule is CS(=O)(=O)c1ccc(C2N=C(NC#N)Nc3nc(N)c(C#N)c(N)c32)cc1. The van der Waals surface area contributed by atoms with Crippen LogP contribution in [0.4, 0.5) is 17.3 Å². The summed E-state index contributed by atoms with van der Waals surface area (Å²) >= 11 is 0. The smallest absolute Gasteiger partial charge is 0.211 e. The van der Waals surface area contributed by atoms with Gasteiger partial charge in [0.15, 0.2) is 16.0 Å². The molecule has 6 N–H and O–H groups in total. The Bertz CT molecular complexity index is 1140. The molecule has 0 radical (unpaired) electrons. The van der Waals surface area contributed by atoms with E-state index in [0.717, 1.165) is 6.26 Å². The van der Waals surface area contributed by atoms with E-state index in [0.29, 0.717) is 11.1 Å². The number of nitrogen functional groups attached to an aromatic ring is 2. The van der Waals surface area contributed by atoms with E-state index in [9.17, 15) is 13.7 Å². The Balaban J connectivity index is 2.20. The Labute approximate surface area is 155 Å². The van der Waals surface area contributed by atoms with Gasteiger partial charge in [0.05, 0.1) is 10.6 Å². The number of aromatic nitrogens is 1. The number of guanidine groups is 1. The van der Waals surface area contributed by atoms with Gasteiger partial charge in [0.1, 0.15) is 29.3 Å². The van der Waals surface area contributed by atoms with Crippen molar-refractivity contribution in [1.29, 1.82) is 10.5 Å². The Morgan fingerprint density at radius 1 is 1.22 bits per heavy atom. The van der Waals surface area contributed by atoms with Crippen molar-refractivity contribution in [2.24, 2.45) is 4.99 Å². The molecule has 0 aliphatic carbocycles. The average molecular weight is 382 g/mol. The van der Waals surface area contributed by atoms with Crippen molar-refractivity contribution in [2.45, 2.75) is 10.9 Å². The maximum atomic E-state index is 11.7. The lowest BCUT2D eigenvalue weighted by molar-refractivity contribution is 0.602. The van der Waals surface area contributed by atoms with Gasteiger partial charge in [0.25, 0.3) is 0 Å². The summed E-state index contributed by atoms with van der Waals surface area (Å²) in [6.45, 7) is 0. The van der Waals surface area contributed by atoms with Crippen molar-refractivity contribution in [1.82, 2.24) is 10.3 Å². The summed E-state index contributed by atoms with van der Waals surface area (Å²) in [6.07, 6.45) is 2.87. The molecule has 27 heavy (non-hydrogen) atoms. The van der Waals surface area contributed by atoms with Crippen LogP contribution in [0.1, 0.15) is 22.7 Å². The zero-order chi connectivity index (χ0) is 19.8. The number of fused-ring (bicyclic) bond motifs is 1. The van der Waals surface area contributed by atoms with E-state index < -0.39 is 15.9 Å². The molecule has 0 amide bonds. The van der Waals surface area contributed by atoms with Crippen molar-refractivity contribution < 1.29 is 8.42 Å². The molecule has 0 saturated carbocycles. The second kappa shape index (κ2) is 6.48. The normalized spacial score (nSPS) is 15.5. The number of nitrogens with two attached hydrogens (primary N) is 2. The number of pyridine rings is 1. The van der Waals surface area contributed by atoms with Gasteiger partial charge in [-0.3, -0.25) is 5.32 Å². The lowest BCUT2D eigenvalue weighted by atomic mass is 9.95. The molecule has 0 fully saturated rings. The predicted molar refractivity (Wildman–Crippen MR) is 99.0 cm³/mol. The molecule has 0 spiro atoms. The maximum absolute atomic E-state index is 11.7. The largest absolute Gasteiger partial charge is 0.397 e. The Kier molecular flexibility index (Phi) is 4.31. The first-order chi connectivity index (χ1) is 12.8. The molecule has 136 valence electrons. The molecule has 10 nitrogen and oxygen atoms in total. The standard InChI is InChI=1S/C16H14N8O2S/c1-27(25,26)9-4-2-8(3-5-9)13-11-12(19)10(6-17)14(20)23-15(11)24-16(22-13)21-7-18/h2-5,13H,1H3,(H6,19,20,21,22,23,24). The maximum Gasteiger partial charge on any atom is 0.211 e. The Hall–Kier alpha value is -3.83. The van der Waals surface area contributed by atoms with Gasteiger partial charge in [-0.15, -0.1) is 0 Å². The fourth-order valence-electron chi connectivity index (χ4n) is 2.72. The summed E-state index contributed by atoms with van der Waals surface area (Å²) in [5, 5.41) is 23.4. The number of anilines is 3. The van der Waals surface area contributed by atoms with Crippen molar-refractivity contribution in [2.75, 3.05) is 23.0 Å². The lowest BCUT2D eigenvalue weighted by Crippen LogP contribution is -2.32. The first-order valence-corrected chi connectivity index (χ1v) is 9.44. The molecule has 1 aromatic heterocycles. The summed E-state index contributed by atoms with van der Waals surface area (Å²) in [7, 11) is -3.35. The van der Waals surface area contributed by atoms with E-state index in [1.165, 1.54) is 12.1 Å². The lowest BCUT2D eigenvalue weighted by Gasteiger charge is -2.26. The van der Waals surface area contributed by atoms with Crippen molar-refractivity contribution >= 4 is 33.1 Å². The van der Waals surface area contributed by atoms with E-state index in [2.05, 4.69) is 20.6 Å². The van der Waals surface area contributed by atoms with E-state index in [1.807, 2.05) is 6.07 Å². The number of nitrogens with one attached hydrogen (secondary N) is 2. The summed E-state index contributed by atoms with van der Waals surface area (Å²) in [4.78, 5) is 8.70. The van der Waals surface area contributed by atoms with Crippen LogP contribution in [0.2, 0.25) is 0 Å². The first kappa shape index (κ1) is 18.0. The summed E-state index contributed by atoms with van der Waals surface area (Å²) in [5.74, 6) is 0.331. The topological polar surface area (TPSA) is 183 Å². The molecule has 1 atom stereocenters. The molecular weight excluding hydrogens is 368 g/mol. The Morgan fingerprint density at radius 2 is 1.89 bits per heavy atom. The van der Waals surface area contributed by atoms with Crippen LogP contribution in [0, 0.1) is 22.8 Å². The summed E-state index contributed by atoms with van der Waals surface area (Å²) < 4.78 is 23.3. The van der Waals surface area contributed by atoms with Crippen LogP contribution in [-0.4, -0.2) is 25.6 Å². The highest BCUT2D eigenvalue weighted by molar-refractivity contribution is 7.90. The third-order valence-electron chi connectivity index (χ3n) is 3.98. The molecule has 2 aromatic rings. The molecule has 1 aromatic carbocycles. The van der Waals surface area contributed by atoms with Gasteiger partial charge in [0.2, 0.25) is 5.96 Å². The average Bonchev–Trinajstić information content (AvgIpc) is 2.61. The highest BCUT2D eigenvalue weighted by Crippen LogP contribution is 2.40. The van der Waals surface area contributed by atoms with E-state index in [1.54, 1.807) is 18.3 Å². The summed E-state index contributed by atoms with van der Waals surface area (Å²) in [6, 6.07) is 7.28. The van der Waals surface area contributed by atoms with Gasteiger partial charge in [-0.1, -0.05) is 12.1 Å². The number of nitrogens with zero attached hydrogens (tertiary/aromatic N) is 4. The minimum Gasteiger partial charge on any atom is -0.397 e. The number of sulfone groups is 1. The minimum atomic E-state index is -3.35. The van der Waals surface area contributed by atoms with Crippen LogP contribution in [-0.2, 0) is 9.84 Å². The van der Waals surface area contributed by atoms with Crippen molar-refractivity contribution in [3.05, 3.63) is 41.0 Å². The van der Waals surface area contributed by atoms with Crippen LogP contribution in [0.25, 0.3) is 0 Å². The van der Waals surface area contributed by atoms with Gasteiger partial charge in [-0.2, -0.15) is 10.5 Å². The third-order valence-corrected chi connectivity index (χ3v) is 5.11. The van der Waals surface area contributed by atoms with Gasteiger partial charge in [-0.25, -0.2) is 18.4 Å². The fourth-order valence-corrected chi connectivity index (χ4v) is 3.35. The first-order valence-electron chi connectivity index (χ1n) is 7.55. The number of aliphatic imine (C=N–C) groups is 1. The summed E-state index contributed by atoms with van der Waals surface area (Å²) in [5.41, 5.74) is 13.1. The monoisotopic (exact) mass is 382 g/mol. The molecule has 2 heterocycles. The predicted octanol–water partition coefficient (Wildman–Crippen LogP) is 0.463. The number of rotatable bonds is 2. The third kappa shape index (κ3) is 3.19. The van der Waals surface area contributed by atoms with Crippen LogP contribution in [0.3, 0.4) is 0 Å². The van der Waals surface area contributed by atoms with E-state index in [-0.39, 0.29) is 33.7 Å². The van der Waals surface area contributed by atoms with Gasteiger partial charge < -0.3 is 16.8 Å². The van der Waals surface area contributed by atoms with Gasteiger partial charge >= 0.3 is 0 Å². The Morgan fingerprint density at radius 3 is 2.44 bits per heavy atom. The molecule has 3 rings (SSSR count). The number of hydrogen-bond donors (Lipinski definition) is 4. The zero-order valence-electron chi connectivity index (χ0n) is 14.1. The minimum absolute atomic E-state index is 0.0280. The second-order valence-electron chi connectivity index (χ2n) is 5.74. The van der Waals surface area contributed by atoms with Crippen molar-refractivity contribution in [3.8, 4) is 12.3 Å². The highest BCUT2D eigenvalue weighted by atomic mass is 32.2. The number of nitriles is 2. The molecule has 0 saturated heterocycles. The van der Waals surface area contributed by atoms with E-state index in [4.69, 9.17) is 16.7 Å². The van der Waals surface area contributed by atoms with Crippen LogP contribution < -0.4 is 22.1 Å². The number of benzene rings is 1. The van der Waals surface area contributed by atoms with Crippen LogP contribution >= 0.6 is 0 Å². The van der Waals surface area contributed by atoms with E-state index >= 15 is 0 Å². The van der Waals surface area contributed by atoms with Gasteiger partial charge in [0, 0.05) is 11.8 Å². The van der Waals surface area contributed by atoms with Gasteiger partial charge in [-0.05, 0) is 17.7 Å². The molecule has 11 heteroatoms. The molecule has 1 unspecified atom stereocenters. The highest BCUT2D eigenvalue weighted by Gasteiger charge is 2.29. The zero-order valence-corrected chi connectivity index (χ0v) is 14.9. The van der Waals surface area contributed by atoms with Crippen molar-refractivity contribution in [3.63, 3.8) is 0 Å². The molecular formula is C16H14N8O2S. The quantitative estimate of drug-likeness (QED) is 0.423. The number of hydrogen-bond acceptors (Lipinski definition) is 10. The molecule has 1 aliphatic heterocycles. The molecule has 1 aliphatic rings. The van der Waals surface area contributed by atoms with Crippen LogP contribution in [0.15, 0.2) is 34.2 Å². The second-order valence-corrected chi connectivity index (χ2v) is 7.76. The fraction of sp³-hybridized carbons (Fsp3) is 0.125.